The zero-order chi connectivity index (χ0) is 15.0. The molecule has 1 aromatic carbocycles. The van der Waals surface area contributed by atoms with Crippen molar-refractivity contribution < 1.29 is 14.5 Å². The quantitative estimate of drug-likeness (QED) is 0.821. The first-order chi connectivity index (χ1) is 10.1. The van der Waals surface area contributed by atoms with E-state index in [4.69, 9.17) is 0 Å². The number of benzene rings is 1. The number of anilines is 1. The molecule has 0 bridgehead atoms. The summed E-state index contributed by atoms with van der Waals surface area (Å²) in [4.78, 5) is 27.7. The van der Waals surface area contributed by atoms with Crippen LogP contribution in [0.3, 0.4) is 0 Å². The van der Waals surface area contributed by atoms with Gasteiger partial charge in [0.05, 0.1) is 25.2 Å². The molecule has 4 heteroatoms. The third-order valence-corrected chi connectivity index (χ3v) is 4.68. The fraction of sp³-hybridized carbons (Fsp3) is 0.529. The Bertz CT molecular complexity index is 533. The lowest BCUT2D eigenvalue weighted by atomic mass is 9.90. The molecule has 2 amide bonds. The van der Waals surface area contributed by atoms with Crippen LogP contribution in [0.5, 0.6) is 0 Å². The number of nitrogens with zero attached hydrogens (tertiary/aromatic N) is 1. The summed E-state index contributed by atoms with van der Waals surface area (Å²) in [6, 6.07) is 9.08. The molecular weight excluding hydrogens is 264 g/mol. The van der Waals surface area contributed by atoms with Crippen molar-refractivity contribution in [3.63, 3.8) is 0 Å². The maximum absolute atomic E-state index is 12.7. The average Bonchev–Trinajstić information content (AvgIpc) is 2.74. The van der Waals surface area contributed by atoms with Crippen molar-refractivity contribution in [2.24, 2.45) is 11.8 Å². The summed E-state index contributed by atoms with van der Waals surface area (Å²) >= 11 is 0. The highest BCUT2D eigenvalue weighted by Crippen LogP contribution is 2.22. The summed E-state index contributed by atoms with van der Waals surface area (Å²) in [5, 5.41) is 0. The van der Waals surface area contributed by atoms with Gasteiger partial charge >= 0.3 is 0 Å². The number of likely N-dealkylation sites (tertiary alicyclic amines) is 1. The molecule has 2 heterocycles. The molecule has 2 aliphatic heterocycles. The summed E-state index contributed by atoms with van der Waals surface area (Å²) in [6.45, 7) is 6.48. The normalized spacial score (nSPS) is 33.5. The lowest BCUT2D eigenvalue weighted by Gasteiger charge is -2.34. The van der Waals surface area contributed by atoms with E-state index in [1.54, 1.807) is 0 Å². The summed E-state index contributed by atoms with van der Waals surface area (Å²) in [6.07, 6.45) is 1.57. The SMILES string of the molecule is C[C@@H]1C[C@@H](C)C[NH+]([C@@H]2CC(=O)N(c3ccccc3)C2=O)C1. The monoisotopic (exact) mass is 287 g/mol. The van der Waals surface area contributed by atoms with E-state index in [9.17, 15) is 9.59 Å². The number of rotatable bonds is 2. The van der Waals surface area contributed by atoms with Gasteiger partial charge < -0.3 is 4.90 Å². The lowest BCUT2D eigenvalue weighted by molar-refractivity contribution is -0.926. The van der Waals surface area contributed by atoms with Gasteiger partial charge in [-0.15, -0.1) is 0 Å². The van der Waals surface area contributed by atoms with Gasteiger partial charge in [-0.1, -0.05) is 32.0 Å². The Labute approximate surface area is 125 Å². The van der Waals surface area contributed by atoms with Crippen LogP contribution in [-0.4, -0.2) is 30.9 Å². The van der Waals surface area contributed by atoms with Crippen LogP contribution in [0.15, 0.2) is 30.3 Å². The number of carbonyl (C=O) groups is 2. The second kappa shape index (κ2) is 5.60. The number of amides is 2. The minimum Gasteiger partial charge on any atom is -0.324 e. The zero-order valence-electron chi connectivity index (χ0n) is 12.7. The number of carbonyl (C=O) groups excluding carboxylic acids is 2. The molecule has 0 radical (unpaired) electrons. The number of nitrogens with one attached hydrogen (secondary N) is 1. The molecule has 4 nitrogen and oxygen atoms in total. The Morgan fingerprint density at radius 1 is 1.05 bits per heavy atom. The number of para-hydroxylation sites is 1. The van der Waals surface area contributed by atoms with Crippen LogP contribution in [0, 0.1) is 11.8 Å². The fourth-order valence-corrected chi connectivity index (χ4v) is 3.92. The molecule has 0 spiro atoms. The van der Waals surface area contributed by atoms with Gasteiger partial charge in [0.2, 0.25) is 5.91 Å². The Morgan fingerprint density at radius 3 is 2.29 bits per heavy atom. The first-order valence-electron chi connectivity index (χ1n) is 7.82. The van der Waals surface area contributed by atoms with Gasteiger partial charge in [0.15, 0.2) is 6.04 Å². The van der Waals surface area contributed by atoms with Gasteiger partial charge in [-0.05, 0) is 18.6 Å². The van der Waals surface area contributed by atoms with E-state index in [1.165, 1.54) is 16.2 Å². The average molecular weight is 287 g/mol. The maximum atomic E-state index is 12.7. The fourth-order valence-electron chi connectivity index (χ4n) is 3.92. The molecular formula is C17H23N2O2+. The van der Waals surface area contributed by atoms with Crippen molar-refractivity contribution >= 4 is 17.5 Å². The van der Waals surface area contributed by atoms with Crippen LogP contribution in [0.1, 0.15) is 26.7 Å². The number of hydrogen-bond acceptors (Lipinski definition) is 2. The maximum Gasteiger partial charge on any atom is 0.292 e. The van der Waals surface area contributed by atoms with Gasteiger partial charge in [-0.2, -0.15) is 0 Å². The number of quaternary nitrogens is 1. The minimum atomic E-state index is -0.192. The van der Waals surface area contributed by atoms with E-state index >= 15 is 0 Å². The zero-order valence-corrected chi connectivity index (χ0v) is 12.7. The van der Waals surface area contributed by atoms with Crippen LogP contribution in [0.25, 0.3) is 0 Å². The lowest BCUT2D eigenvalue weighted by Crippen LogP contribution is -3.18. The molecule has 0 aromatic heterocycles. The number of imide groups is 1. The third kappa shape index (κ3) is 2.72. The highest BCUT2D eigenvalue weighted by molar-refractivity contribution is 6.21. The van der Waals surface area contributed by atoms with Crippen molar-refractivity contribution in [1.29, 1.82) is 0 Å². The van der Waals surface area contributed by atoms with E-state index in [0.29, 0.717) is 23.9 Å². The van der Waals surface area contributed by atoms with Gasteiger partial charge in [0, 0.05) is 11.8 Å². The van der Waals surface area contributed by atoms with E-state index in [2.05, 4.69) is 13.8 Å². The third-order valence-electron chi connectivity index (χ3n) is 4.68. The molecule has 2 fully saturated rings. The predicted molar refractivity (Wildman–Crippen MR) is 81.0 cm³/mol. The van der Waals surface area contributed by atoms with Crippen LogP contribution in [-0.2, 0) is 9.59 Å². The number of piperidine rings is 1. The van der Waals surface area contributed by atoms with Crippen LogP contribution >= 0.6 is 0 Å². The molecule has 1 N–H and O–H groups in total. The molecule has 2 aliphatic rings. The topological polar surface area (TPSA) is 41.8 Å². The first kappa shape index (κ1) is 14.3. The number of hydrogen-bond donors (Lipinski definition) is 1. The van der Waals surface area contributed by atoms with E-state index < -0.39 is 0 Å². The molecule has 21 heavy (non-hydrogen) atoms. The minimum absolute atomic E-state index is 0.0255. The van der Waals surface area contributed by atoms with E-state index in [-0.39, 0.29) is 17.9 Å². The highest BCUT2D eigenvalue weighted by atomic mass is 16.2. The molecule has 2 saturated heterocycles. The van der Waals surface area contributed by atoms with Crippen LogP contribution in [0.2, 0.25) is 0 Å². The van der Waals surface area contributed by atoms with Crippen molar-refractivity contribution in [3.05, 3.63) is 30.3 Å². The first-order valence-corrected chi connectivity index (χ1v) is 7.82. The predicted octanol–water partition coefficient (Wildman–Crippen LogP) is 0.879. The Hall–Kier alpha value is -1.68. The Balaban J connectivity index is 1.80. The summed E-state index contributed by atoms with van der Waals surface area (Å²) in [5.74, 6) is 1.16. The summed E-state index contributed by atoms with van der Waals surface area (Å²) < 4.78 is 0. The van der Waals surface area contributed by atoms with E-state index in [0.717, 1.165) is 13.1 Å². The second-order valence-corrected chi connectivity index (χ2v) is 6.67. The molecule has 3 atom stereocenters. The van der Waals surface area contributed by atoms with Gasteiger partial charge in [0.1, 0.15) is 0 Å². The molecule has 0 aliphatic carbocycles. The van der Waals surface area contributed by atoms with Crippen LogP contribution < -0.4 is 9.80 Å². The standard InChI is InChI=1S/C17H22N2O2/c1-12-8-13(2)11-18(10-12)15-9-16(20)19(17(15)21)14-6-4-3-5-7-14/h3-7,12-13,15H,8-11H2,1-2H3/p+1/t12-,13-,15-/m1/s1. The molecule has 112 valence electrons. The van der Waals surface area contributed by atoms with Crippen molar-refractivity contribution in [2.75, 3.05) is 18.0 Å². The Morgan fingerprint density at radius 2 is 1.67 bits per heavy atom. The van der Waals surface area contributed by atoms with E-state index in [1.807, 2.05) is 30.3 Å². The second-order valence-electron chi connectivity index (χ2n) is 6.67. The molecule has 1 aromatic rings. The van der Waals surface area contributed by atoms with Crippen molar-refractivity contribution in [3.8, 4) is 0 Å². The summed E-state index contributed by atoms with van der Waals surface area (Å²) in [5.41, 5.74) is 0.701. The van der Waals surface area contributed by atoms with Crippen LogP contribution in [0.4, 0.5) is 5.69 Å². The smallest absolute Gasteiger partial charge is 0.292 e. The van der Waals surface area contributed by atoms with Crippen molar-refractivity contribution in [1.82, 2.24) is 0 Å². The Kier molecular flexibility index (Phi) is 3.81. The highest BCUT2D eigenvalue weighted by Gasteiger charge is 2.47. The molecule has 3 rings (SSSR count). The summed E-state index contributed by atoms with van der Waals surface area (Å²) in [7, 11) is 0. The van der Waals surface area contributed by atoms with Gasteiger partial charge in [0.25, 0.3) is 5.91 Å². The van der Waals surface area contributed by atoms with Gasteiger partial charge in [-0.25, -0.2) is 4.90 Å². The molecule has 0 saturated carbocycles. The van der Waals surface area contributed by atoms with Crippen molar-refractivity contribution in [2.45, 2.75) is 32.7 Å². The largest absolute Gasteiger partial charge is 0.324 e. The molecule has 0 unspecified atom stereocenters. The van der Waals surface area contributed by atoms with Gasteiger partial charge in [-0.3, -0.25) is 9.59 Å².